The zero-order chi connectivity index (χ0) is 37.7. The molecule has 2 aliphatic heterocycles. The van der Waals surface area contributed by atoms with E-state index in [2.05, 4.69) is 52.3 Å². The lowest BCUT2D eigenvalue weighted by Crippen LogP contribution is -2.46. The maximum atomic E-state index is 13.1. The highest BCUT2D eigenvalue weighted by molar-refractivity contribution is 6.04. The fourth-order valence-electron chi connectivity index (χ4n) is 8.19. The van der Waals surface area contributed by atoms with Crippen molar-refractivity contribution in [3.05, 3.63) is 108 Å². The van der Waals surface area contributed by atoms with E-state index in [1.54, 1.807) is 0 Å². The number of ether oxygens (including phenoxy) is 3. The minimum Gasteiger partial charge on any atom is -0.493 e. The highest BCUT2D eigenvalue weighted by Gasteiger charge is 2.28. The summed E-state index contributed by atoms with van der Waals surface area (Å²) in [5.41, 5.74) is 6.72. The number of aldehydes is 1. The third kappa shape index (κ3) is 7.54. The van der Waals surface area contributed by atoms with Crippen molar-refractivity contribution in [1.82, 2.24) is 19.2 Å². The van der Waals surface area contributed by atoms with Gasteiger partial charge in [0.15, 0.2) is 0 Å². The zero-order valence-electron chi connectivity index (χ0n) is 31.3. The summed E-state index contributed by atoms with van der Waals surface area (Å²) in [7, 11) is 1.93. The standard InChI is InChI=1S/C44H47N5O6/c1-46-39-30-53-27-5-4-20-49-42-35(36(43(49)44(51)52)14-8-28-54-40-15-6-10-31-9-2-3-11-34(31)40)12-7-13-37(42)41(39)38(45-46)29-55-33-18-16-32(17-19-33)48-23-21-47(22-24-48)25-26-50/h2-3,6-7,9-13,15-19,26H,4-5,8,14,20-25,27-30H2,1H3,(H,51,52). The van der Waals surface area contributed by atoms with Gasteiger partial charge in [-0.1, -0.05) is 54.6 Å². The molecule has 1 saturated heterocycles. The van der Waals surface area contributed by atoms with Crippen LogP contribution in [-0.2, 0) is 42.8 Å². The number of carbonyl (C=O) groups is 2. The molecule has 1 N–H and O–H groups in total. The summed E-state index contributed by atoms with van der Waals surface area (Å²) in [6.45, 7) is 6.14. The number of rotatable bonds is 12. The van der Waals surface area contributed by atoms with Crippen LogP contribution in [0.2, 0.25) is 0 Å². The first-order valence-corrected chi connectivity index (χ1v) is 19.2. The van der Waals surface area contributed by atoms with Crippen molar-refractivity contribution in [1.29, 1.82) is 0 Å². The maximum absolute atomic E-state index is 13.1. The molecule has 284 valence electrons. The van der Waals surface area contributed by atoms with Gasteiger partial charge < -0.3 is 33.6 Å². The fraction of sp³-hybridized carbons (Fsp3) is 0.341. The zero-order valence-corrected chi connectivity index (χ0v) is 31.3. The molecule has 0 amide bonds. The molecule has 0 bridgehead atoms. The monoisotopic (exact) mass is 741 g/mol. The molecular formula is C44H47N5O6. The predicted molar refractivity (Wildman–Crippen MR) is 213 cm³/mol. The average Bonchev–Trinajstić information content (AvgIpc) is 3.69. The van der Waals surface area contributed by atoms with Crippen molar-refractivity contribution in [3.63, 3.8) is 0 Å². The van der Waals surface area contributed by atoms with E-state index >= 15 is 0 Å². The topological polar surface area (TPSA) is 111 Å². The Bertz CT molecular complexity index is 2300. The molecule has 11 heteroatoms. The number of anilines is 1. The van der Waals surface area contributed by atoms with Crippen LogP contribution in [0.3, 0.4) is 0 Å². The Morgan fingerprint density at radius 3 is 2.49 bits per heavy atom. The van der Waals surface area contributed by atoms with Crippen molar-refractivity contribution in [2.45, 2.75) is 45.4 Å². The van der Waals surface area contributed by atoms with Gasteiger partial charge in [-0.2, -0.15) is 5.10 Å². The van der Waals surface area contributed by atoms with Crippen LogP contribution in [0.5, 0.6) is 11.5 Å². The molecule has 8 rings (SSSR count). The molecule has 6 aromatic rings. The van der Waals surface area contributed by atoms with Crippen LogP contribution in [-0.4, -0.2) is 82.5 Å². The minimum atomic E-state index is -0.931. The number of fused-ring (bicyclic) bond motifs is 3. The lowest BCUT2D eigenvalue weighted by Gasteiger charge is -2.35. The number of benzene rings is 4. The van der Waals surface area contributed by atoms with Crippen LogP contribution in [0.1, 0.15) is 46.7 Å². The second-order valence-electron chi connectivity index (χ2n) is 14.3. The summed E-state index contributed by atoms with van der Waals surface area (Å²) in [5, 5.41) is 18.8. The molecular weight excluding hydrogens is 695 g/mol. The van der Waals surface area contributed by atoms with E-state index < -0.39 is 5.97 Å². The molecule has 0 atom stereocenters. The first-order valence-electron chi connectivity index (χ1n) is 19.2. The third-order valence-corrected chi connectivity index (χ3v) is 10.9. The van der Waals surface area contributed by atoms with Gasteiger partial charge >= 0.3 is 5.97 Å². The maximum Gasteiger partial charge on any atom is 0.352 e. The van der Waals surface area contributed by atoms with E-state index in [1.807, 2.05) is 58.8 Å². The second kappa shape index (κ2) is 16.4. The molecule has 11 nitrogen and oxygen atoms in total. The van der Waals surface area contributed by atoms with Gasteiger partial charge in [0.25, 0.3) is 0 Å². The molecule has 0 saturated carbocycles. The van der Waals surface area contributed by atoms with E-state index in [0.29, 0.717) is 51.4 Å². The van der Waals surface area contributed by atoms with Crippen LogP contribution < -0.4 is 14.4 Å². The summed E-state index contributed by atoms with van der Waals surface area (Å²) in [6, 6.07) is 28.5. The molecule has 0 aliphatic carbocycles. The van der Waals surface area contributed by atoms with E-state index in [1.165, 1.54) is 0 Å². The average molecular weight is 742 g/mol. The van der Waals surface area contributed by atoms with E-state index in [-0.39, 0.29) is 6.61 Å². The number of nitrogens with zero attached hydrogens (tertiary/aromatic N) is 5. The van der Waals surface area contributed by atoms with E-state index in [4.69, 9.17) is 19.3 Å². The Labute approximate surface area is 320 Å². The highest BCUT2D eigenvalue weighted by Crippen LogP contribution is 2.39. The van der Waals surface area contributed by atoms with E-state index in [0.717, 1.165) is 112 Å². The number of hydrogen-bond donors (Lipinski definition) is 1. The van der Waals surface area contributed by atoms with Crippen LogP contribution in [0, 0.1) is 0 Å². The first-order chi connectivity index (χ1) is 27.0. The quantitative estimate of drug-likeness (QED) is 0.104. The highest BCUT2D eigenvalue weighted by atomic mass is 16.5. The molecule has 2 aliphatic rings. The normalized spacial score (nSPS) is 15.1. The Balaban J connectivity index is 1.08. The number of aromatic carboxylic acids is 1. The van der Waals surface area contributed by atoms with Gasteiger partial charge in [0.1, 0.15) is 35.8 Å². The van der Waals surface area contributed by atoms with Crippen molar-refractivity contribution < 1.29 is 28.9 Å². The van der Waals surface area contributed by atoms with Crippen LogP contribution in [0.4, 0.5) is 5.69 Å². The number of carbonyl (C=O) groups excluding carboxylic acids is 1. The van der Waals surface area contributed by atoms with Crippen molar-refractivity contribution in [2.24, 2.45) is 7.05 Å². The number of hydrogen-bond acceptors (Lipinski definition) is 8. The molecule has 1 fully saturated rings. The number of aryl methyl sites for hydroxylation is 3. The fourth-order valence-corrected chi connectivity index (χ4v) is 8.19. The molecule has 4 aromatic carbocycles. The molecule has 0 unspecified atom stereocenters. The summed E-state index contributed by atoms with van der Waals surface area (Å²) >= 11 is 0. The van der Waals surface area contributed by atoms with Gasteiger partial charge in [-0.25, -0.2) is 4.79 Å². The number of aromatic nitrogens is 3. The molecule has 0 radical (unpaired) electrons. The van der Waals surface area contributed by atoms with E-state index in [9.17, 15) is 14.7 Å². The Morgan fingerprint density at radius 2 is 1.67 bits per heavy atom. The molecule has 2 aromatic heterocycles. The first kappa shape index (κ1) is 36.3. The number of piperazine rings is 1. The van der Waals surface area contributed by atoms with Gasteiger partial charge in [-0.15, -0.1) is 0 Å². The van der Waals surface area contributed by atoms with Crippen molar-refractivity contribution >= 4 is 39.6 Å². The van der Waals surface area contributed by atoms with Crippen molar-refractivity contribution in [3.8, 4) is 22.6 Å². The largest absolute Gasteiger partial charge is 0.493 e. The second-order valence-corrected chi connectivity index (χ2v) is 14.3. The van der Waals surface area contributed by atoms with Crippen molar-refractivity contribution in [2.75, 3.05) is 50.8 Å². The predicted octanol–water partition coefficient (Wildman–Crippen LogP) is 7.12. The van der Waals surface area contributed by atoms with Gasteiger partial charge in [0.05, 0.1) is 31.0 Å². The van der Waals surface area contributed by atoms with Gasteiger partial charge in [0, 0.05) is 74.0 Å². The SMILES string of the molecule is Cn1nc(COc2ccc(N3CCN(CC=O)CC3)cc2)c2c1COCCCCn1c(C(=O)O)c(CCCOc3cccc4ccccc34)c3cccc-2c31. The van der Waals surface area contributed by atoms with Crippen LogP contribution >= 0.6 is 0 Å². The number of carboxylic acids is 1. The summed E-state index contributed by atoms with van der Waals surface area (Å²) in [5.74, 6) is 0.635. The van der Waals surface area contributed by atoms with Crippen LogP contribution in [0.25, 0.3) is 32.8 Å². The number of carboxylic acid groups (broad SMARTS) is 1. The summed E-state index contributed by atoms with van der Waals surface area (Å²) < 4.78 is 22.7. The number of para-hydroxylation sites is 1. The van der Waals surface area contributed by atoms with Gasteiger partial charge in [-0.05, 0) is 67.0 Å². The molecule has 0 spiro atoms. The summed E-state index contributed by atoms with van der Waals surface area (Å²) in [6.07, 6.45) is 3.78. The Kier molecular flexibility index (Phi) is 10.8. The van der Waals surface area contributed by atoms with Crippen LogP contribution in [0.15, 0.2) is 84.9 Å². The lowest BCUT2D eigenvalue weighted by molar-refractivity contribution is -0.108. The Morgan fingerprint density at radius 1 is 0.891 bits per heavy atom. The molecule has 55 heavy (non-hydrogen) atoms. The summed E-state index contributed by atoms with van der Waals surface area (Å²) in [4.78, 5) is 28.6. The smallest absolute Gasteiger partial charge is 0.352 e. The lowest BCUT2D eigenvalue weighted by atomic mass is 9.98. The third-order valence-electron chi connectivity index (χ3n) is 10.9. The van der Waals surface area contributed by atoms with Gasteiger partial charge in [0.2, 0.25) is 0 Å². The Hall–Kier alpha value is -5.65. The molecule has 4 heterocycles. The van der Waals surface area contributed by atoms with Gasteiger partial charge in [-0.3, -0.25) is 9.58 Å². The minimum absolute atomic E-state index is 0.230.